The van der Waals surface area contributed by atoms with Crippen LogP contribution in [0, 0.1) is 0 Å². The highest BCUT2D eigenvalue weighted by molar-refractivity contribution is 6.30. The summed E-state index contributed by atoms with van der Waals surface area (Å²) in [7, 11) is 1.66. The molecule has 0 aromatic carbocycles. The van der Waals surface area contributed by atoms with E-state index in [2.05, 4.69) is 15.4 Å². The number of aryl methyl sites for hydroxylation is 1. The normalized spacial score (nSPS) is 11.9. The van der Waals surface area contributed by atoms with E-state index in [9.17, 15) is 14.7 Å². The molecule has 0 saturated carbocycles. The number of carbonyl (C=O) groups is 2. The molecule has 1 unspecified atom stereocenters. The van der Waals surface area contributed by atoms with Gasteiger partial charge in [0.05, 0.1) is 11.2 Å². The maximum Gasteiger partial charge on any atom is 0.331 e. The van der Waals surface area contributed by atoms with Crippen molar-refractivity contribution >= 4 is 23.5 Å². The van der Waals surface area contributed by atoms with Crippen LogP contribution in [0.4, 0.5) is 0 Å². The Labute approximate surface area is 119 Å². The first-order valence-electron chi connectivity index (χ1n) is 5.61. The van der Waals surface area contributed by atoms with Gasteiger partial charge in [0.15, 0.2) is 6.04 Å². The van der Waals surface area contributed by atoms with Gasteiger partial charge in [-0.05, 0) is 12.1 Å². The monoisotopic (exact) mass is 294 g/mol. The van der Waals surface area contributed by atoms with Crippen LogP contribution in [0.2, 0.25) is 5.02 Å². The van der Waals surface area contributed by atoms with Crippen LogP contribution in [0.1, 0.15) is 22.1 Å². The van der Waals surface area contributed by atoms with Crippen molar-refractivity contribution in [2.24, 2.45) is 7.05 Å². The molecule has 0 spiro atoms. The second kappa shape index (κ2) is 5.70. The van der Waals surface area contributed by atoms with Crippen LogP contribution >= 0.6 is 11.6 Å². The van der Waals surface area contributed by atoms with Crippen LogP contribution in [-0.4, -0.2) is 31.7 Å². The molecule has 2 aromatic heterocycles. The zero-order valence-corrected chi connectivity index (χ0v) is 11.2. The van der Waals surface area contributed by atoms with Crippen molar-refractivity contribution in [1.82, 2.24) is 20.1 Å². The van der Waals surface area contributed by atoms with Gasteiger partial charge >= 0.3 is 5.97 Å². The van der Waals surface area contributed by atoms with Crippen molar-refractivity contribution in [2.75, 3.05) is 0 Å². The molecule has 7 nitrogen and oxygen atoms in total. The van der Waals surface area contributed by atoms with Crippen LogP contribution in [0.3, 0.4) is 0 Å². The number of amides is 1. The number of carbonyl (C=O) groups excluding carboxylic acids is 1. The smallest absolute Gasteiger partial charge is 0.331 e. The second-order valence-corrected chi connectivity index (χ2v) is 4.49. The Morgan fingerprint density at radius 3 is 2.65 bits per heavy atom. The highest BCUT2D eigenvalue weighted by Crippen LogP contribution is 2.13. The van der Waals surface area contributed by atoms with Gasteiger partial charge in [0, 0.05) is 25.0 Å². The average molecular weight is 295 g/mol. The van der Waals surface area contributed by atoms with Gasteiger partial charge in [-0.2, -0.15) is 5.10 Å². The first kappa shape index (κ1) is 14.0. The number of hydrogen-bond acceptors (Lipinski definition) is 4. The number of aromatic nitrogens is 3. The van der Waals surface area contributed by atoms with E-state index in [1.807, 2.05) is 0 Å². The van der Waals surface area contributed by atoms with E-state index in [-0.39, 0.29) is 5.69 Å². The van der Waals surface area contributed by atoms with E-state index in [4.69, 9.17) is 11.6 Å². The highest BCUT2D eigenvalue weighted by Gasteiger charge is 2.24. The molecule has 1 amide bonds. The Morgan fingerprint density at radius 2 is 2.15 bits per heavy atom. The van der Waals surface area contributed by atoms with Gasteiger partial charge in [-0.25, -0.2) is 9.78 Å². The van der Waals surface area contributed by atoms with Gasteiger partial charge in [0.2, 0.25) is 0 Å². The Bertz CT molecular complexity index is 638. The lowest BCUT2D eigenvalue weighted by Crippen LogP contribution is -2.34. The number of rotatable bonds is 4. The first-order chi connectivity index (χ1) is 9.47. The third-order valence-electron chi connectivity index (χ3n) is 2.54. The molecule has 2 aromatic rings. The van der Waals surface area contributed by atoms with Crippen LogP contribution in [0.5, 0.6) is 0 Å². The summed E-state index contributed by atoms with van der Waals surface area (Å²) in [5.41, 5.74) is 0.465. The lowest BCUT2D eigenvalue weighted by molar-refractivity contribution is -0.139. The molecule has 0 saturated heterocycles. The van der Waals surface area contributed by atoms with E-state index in [1.165, 1.54) is 35.4 Å². The van der Waals surface area contributed by atoms with E-state index >= 15 is 0 Å². The Morgan fingerprint density at radius 1 is 1.40 bits per heavy atom. The molecule has 0 aliphatic carbocycles. The molecule has 0 aliphatic heterocycles. The molecule has 0 fully saturated rings. The fourth-order valence-electron chi connectivity index (χ4n) is 1.59. The summed E-state index contributed by atoms with van der Waals surface area (Å²) >= 11 is 5.67. The van der Waals surface area contributed by atoms with Crippen molar-refractivity contribution in [1.29, 1.82) is 0 Å². The van der Waals surface area contributed by atoms with Crippen LogP contribution in [0.25, 0.3) is 0 Å². The molecule has 1 atom stereocenters. The fraction of sp³-hybridized carbons (Fsp3) is 0.167. The van der Waals surface area contributed by atoms with Gasteiger partial charge in [0.1, 0.15) is 5.69 Å². The minimum absolute atomic E-state index is 0.0875. The topological polar surface area (TPSA) is 97.1 Å². The van der Waals surface area contributed by atoms with Crippen molar-refractivity contribution in [2.45, 2.75) is 6.04 Å². The zero-order chi connectivity index (χ0) is 14.7. The van der Waals surface area contributed by atoms with Crippen molar-refractivity contribution in [3.63, 3.8) is 0 Å². The van der Waals surface area contributed by atoms with Gasteiger partial charge < -0.3 is 10.4 Å². The third kappa shape index (κ3) is 3.12. The quantitative estimate of drug-likeness (QED) is 0.877. The summed E-state index contributed by atoms with van der Waals surface area (Å²) in [5.74, 6) is -1.78. The molecule has 2 heterocycles. The summed E-state index contributed by atoms with van der Waals surface area (Å²) in [6.07, 6.45) is 4.22. The molecular formula is C12H11ClN4O3. The van der Waals surface area contributed by atoms with Crippen molar-refractivity contribution in [3.8, 4) is 0 Å². The Kier molecular flexibility index (Phi) is 3.99. The minimum Gasteiger partial charge on any atom is -0.479 e. The fourth-order valence-corrected chi connectivity index (χ4v) is 1.70. The molecule has 8 heteroatoms. The molecule has 0 radical (unpaired) electrons. The highest BCUT2D eigenvalue weighted by atomic mass is 35.5. The lowest BCUT2D eigenvalue weighted by Gasteiger charge is -2.12. The van der Waals surface area contributed by atoms with Gasteiger partial charge in [-0.1, -0.05) is 11.6 Å². The largest absolute Gasteiger partial charge is 0.479 e. The predicted molar refractivity (Wildman–Crippen MR) is 70.3 cm³/mol. The van der Waals surface area contributed by atoms with Gasteiger partial charge in [0.25, 0.3) is 5.91 Å². The summed E-state index contributed by atoms with van der Waals surface area (Å²) < 4.78 is 1.46. The molecule has 2 N–H and O–H groups in total. The summed E-state index contributed by atoms with van der Waals surface area (Å²) in [6, 6.07) is 1.73. The number of halogens is 1. The molecular weight excluding hydrogens is 284 g/mol. The summed E-state index contributed by atoms with van der Waals surface area (Å²) in [5, 5.41) is 15.8. The molecule has 0 aliphatic rings. The standard InChI is InChI=1S/C12H11ClN4O3/c1-17-6-7(4-15-17)10(12(19)20)16-11(18)9-3-2-8(13)5-14-9/h2-6,10H,1H3,(H,16,18)(H,19,20). The average Bonchev–Trinajstić information content (AvgIpc) is 2.82. The van der Waals surface area contributed by atoms with E-state index < -0.39 is 17.9 Å². The maximum absolute atomic E-state index is 11.9. The zero-order valence-electron chi connectivity index (χ0n) is 10.4. The van der Waals surface area contributed by atoms with Gasteiger partial charge in [-0.15, -0.1) is 0 Å². The predicted octanol–water partition coefficient (Wildman–Crippen LogP) is 1.02. The Hall–Kier alpha value is -2.41. The number of carboxylic acid groups (broad SMARTS) is 1. The molecule has 2 rings (SSSR count). The van der Waals surface area contributed by atoms with Gasteiger partial charge in [-0.3, -0.25) is 9.48 Å². The minimum atomic E-state index is -1.19. The summed E-state index contributed by atoms with van der Waals surface area (Å²) in [6.45, 7) is 0. The van der Waals surface area contributed by atoms with E-state index in [1.54, 1.807) is 7.05 Å². The number of hydrogen-bond donors (Lipinski definition) is 2. The first-order valence-corrected chi connectivity index (χ1v) is 5.99. The van der Waals surface area contributed by atoms with Crippen LogP contribution < -0.4 is 5.32 Å². The third-order valence-corrected chi connectivity index (χ3v) is 2.76. The maximum atomic E-state index is 11.9. The SMILES string of the molecule is Cn1cc(C(NC(=O)c2ccc(Cl)cn2)C(=O)O)cn1. The van der Waals surface area contributed by atoms with Crippen LogP contribution in [-0.2, 0) is 11.8 Å². The van der Waals surface area contributed by atoms with E-state index in [0.29, 0.717) is 10.6 Å². The molecule has 0 bridgehead atoms. The number of nitrogens with one attached hydrogen (secondary N) is 1. The van der Waals surface area contributed by atoms with E-state index in [0.717, 1.165) is 0 Å². The number of aliphatic carboxylic acids is 1. The second-order valence-electron chi connectivity index (χ2n) is 4.05. The van der Waals surface area contributed by atoms with Crippen molar-refractivity contribution in [3.05, 3.63) is 47.0 Å². The molecule has 104 valence electrons. The van der Waals surface area contributed by atoms with Crippen molar-refractivity contribution < 1.29 is 14.7 Å². The summed E-state index contributed by atoms with van der Waals surface area (Å²) in [4.78, 5) is 27.0. The molecule has 20 heavy (non-hydrogen) atoms. The van der Waals surface area contributed by atoms with Crippen LogP contribution in [0.15, 0.2) is 30.7 Å². The number of carboxylic acids is 1. The lowest BCUT2D eigenvalue weighted by atomic mass is 10.1. The Balaban J connectivity index is 2.18. The number of pyridine rings is 1. The number of nitrogens with zero attached hydrogens (tertiary/aromatic N) is 3.